The molecule has 5 heteroatoms. The molecule has 1 heterocycles. The minimum Gasteiger partial charge on any atom is -0.370 e. The Balaban J connectivity index is 2.49. The summed E-state index contributed by atoms with van der Waals surface area (Å²) >= 11 is 0. The maximum absolute atomic E-state index is 7.82. The molecule has 1 rings (SSSR count). The van der Waals surface area contributed by atoms with Gasteiger partial charge >= 0.3 is 0 Å². The van der Waals surface area contributed by atoms with Crippen LogP contribution in [0.4, 0.5) is 0 Å². The quantitative estimate of drug-likeness (QED) is 0.390. The van der Waals surface area contributed by atoms with Crippen LogP contribution in [0.15, 0.2) is 0 Å². The first-order valence-corrected chi connectivity index (χ1v) is 4.93. The zero-order chi connectivity index (χ0) is 10.7. The van der Waals surface area contributed by atoms with Crippen molar-refractivity contribution in [2.75, 3.05) is 20.1 Å². The first-order chi connectivity index (χ1) is 6.52. The molecule has 1 aliphatic rings. The largest absolute Gasteiger partial charge is 0.370 e. The molecular formula is C9H19N5. The summed E-state index contributed by atoms with van der Waals surface area (Å²) in [4.78, 5) is 3.37. The maximum atomic E-state index is 7.82. The summed E-state index contributed by atoms with van der Waals surface area (Å²) in [6, 6.07) is 0. The van der Waals surface area contributed by atoms with Crippen molar-refractivity contribution in [3.63, 3.8) is 0 Å². The standard InChI is InChI=1S/C9H19N5/c1-7-3-5-14(6-4-7)9(12)13(2)8(10)11/h7,12H,3-6H2,1-2H3,(H3,10,11). The second-order valence-electron chi connectivity index (χ2n) is 3.94. The van der Waals surface area contributed by atoms with E-state index in [4.69, 9.17) is 16.6 Å². The molecule has 0 aliphatic carbocycles. The number of guanidine groups is 2. The van der Waals surface area contributed by atoms with E-state index in [0.29, 0.717) is 5.96 Å². The molecule has 0 aromatic heterocycles. The van der Waals surface area contributed by atoms with E-state index in [1.807, 2.05) is 4.90 Å². The number of nitrogens with two attached hydrogens (primary N) is 1. The van der Waals surface area contributed by atoms with E-state index in [2.05, 4.69) is 6.92 Å². The highest BCUT2D eigenvalue weighted by Crippen LogP contribution is 2.16. The third-order valence-electron chi connectivity index (χ3n) is 2.76. The Kier molecular flexibility index (Phi) is 3.33. The number of piperidine rings is 1. The van der Waals surface area contributed by atoms with Crippen LogP contribution >= 0.6 is 0 Å². The highest BCUT2D eigenvalue weighted by atomic mass is 15.4. The van der Waals surface area contributed by atoms with Crippen LogP contribution < -0.4 is 5.73 Å². The molecule has 0 spiro atoms. The van der Waals surface area contributed by atoms with E-state index in [1.54, 1.807) is 7.05 Å². The Morgan fingerprint density at radius 2 is 1.86 bits per heavy atom. The minimum atomic E-state index is -0.0754. The number of rotatable bonds is 0. The van der Waals surface area contributed by atoms with Crippen molar-refractivity contribution >= 4 is 11.9 Å². The van der Waals surface area contributed by atoms with Crippen molar-refractivity contribution in [3.05, 3.63) is 0 Å². The molecule has 0 aromatic rings. The molecule has 0 bridgehead atoms. The zero-order valence-electron chi connectivity index (χ0n) is 8.88. The van der Waals surface area contributed by atoms with Gasteiger partial charge in [-0.3, -0.25) is 15.7 Å². The van der Waals surface area contributed by atoms with Gasteiger partial charge in [-0.15, -0.1) is 0 Å². The highest BCUT2D eigenvalue weighted by molar-refractivity contribution is 5.94. The van der Waals surface area contributed by atoms with Gasteiger partial charge in [-0.2, -0.15) is 0 Å². The van der Waals surface area contributed by atoms with Gasteiger partial charge in [-0.05, 0) is 18.8 Å². The van der Waals surface area contributed by atoms with Crippen LogP contribution in [0.1, 0.15) is 19.8 Å². The lowest BCUT2D eigenvalue weighted by molar-refractivity contribution is 0.263. The van der Waals surface area contributed by atoms with Gasteiger partial charge in [-0.25, -0.2) is 0 Å². The fourth-order valence-electron chi connectivity index (χ4n) is 1.55. The van der Waals surface area contributed by atoms with Gasteiger partial charge in [0, 0.05) is 20.1 Å². The SMILES string of the molecule is CC1CCN(C(=N)N(C)C(=N)N)CC1. The molecule has 0 radical (unpaired) electrons. The predicted molar refractivity (Wildman–Crippen MR) is 57.4 cm³/mol. The van der Waals surface area contributed by atoms with Gasteiger partial charge in [0.05, 0.1) is 0 Å². The van der Waals surface area contributed by atoms with E-state index >= 15 is 0 Å². The van der Waals surface area contributed by atoms with Crippen LogP contribution in [0.25, 0.3) is 0 Å². The van der Waals surface area contributed by atoms with E-state index in [-0.39, 0.29) is 5.96 Å². The van der Waals surface area contributed by atoms with Crippen LogP contribution in [0.3, 0.4) is 0 Å². The summed E-state index contributed by atoms with van der Waals surface area (Å²) in [6.45, 7) is 4.03. The molecule has 1 fully saturated rings. The number of likely N-dealkylation sites (tertiary alicyclic amines) is 1. The fraction of sp³-hybridized carbons (Fsp3) is 0.778. The van der Waals surface area contributed by atoms with Crippen LogP contribution in [-0.2, 0) is 0 Å². The smallest absolute Gasteiger partial charge is 0.200 e. The summed E-state index contributed by atoms with van der Waals surface area (Å²) in [6.07, 6.45) is 2.24. The van der Waals surface area contributed by atoms with Crippen LogP contribution in [-0.4, -0.2) is 41.9 Å². The second kappa shape index (κ2) is 4.30. The Labute approximate surface area is 84.9 Å². The minimum absolute atomic E-state index is 0.0754. The monoisotopic (exact) mass is 197 g/mol. The first-order valence-electron chi connectivity index (χ1n) is 4.93. The molecule has 4 N–H and O–H groups in total. The normalized spacial score (nSPS) is 18.0. The molecule has 0 unspecified atom stereocenters. The van der Waals surface area contributed by atoms with Crippen molar-refractivity contribution in [1.82, 2.24) is 9.80 Å². The maximum Gasteiger partial charge on any atom is 0.200 e. The molecule has 5 nitrogen and oxygen atoms in total. The van der Waals surface area contributed by atoms with Crippen molar-refractivity contribution in [2.24, 2.45) is 11.7 Å². The first kappa shape index (κ1) is 10.8. The molecule has 0 amide bonds. The third kappa shape index (κ3) is 2.37. The molecule has 0 atom stereocenters. The van der Waals surface area contributed by atoms with Gasteiger partial charge in [0.15, 0.2) is 11.9 Å². The summed E-state index contributed by atoms with van der Waals surface area (Å²) in [7, 11) is 1.66. The average molecular weight is 197 g/mol. The topological polar surface area (TPSA) is 80.2 Å². The lowest BCUT2D eigenvalue weighted by Gasteiger charge is -2.35. The summed E-state index contributed by atoms with van der Waals surface area (Å²) in [5.74, 6) is 1.01. The number of nitrogens with one attached hydrogen (secondary N) is 2. The molecule has 0 aromatic carbocycles. The summed E-state index contributed by atoms with van der Waals surface area (Å²) < 4.78 is 0. The molecule has 14 heavy (non-hydrogen) atoms. The molecular weight excluding hydrogens is 178 g/mol. The van der Waals surface area contributed by atoms with Gasteiger partial charge in [-0.1, -0.05) is 6.92 Å². The van der Waals surface area contributed by atoms with Crippen molar-refractivity contribution in [3.8, 4) is 0 Å². The van der Waals surface area contributed by atoms with Gasteiger partial charge in [0.2, 0.25) is 0 Å². The average Bonchev–Trinajstić information content (AvgIpc) is 2.16. The Morgan fingerprint density at radius 1 is 1.36 bits per heavy atom. The number of hydrogen-bond donors (Lipinski definition) is 3. The van der Waals surface area contributed by atoms with Gasteiger partial charge in [0.25, 0.3) is 0 Å². The van der Waals surface area contributed by atoms with E-state index in [9.17, 15) is 0 Å². The third-order valence-corrected chi connectivity index (χ3v) is 2.76. The molecule has 80 valence electrons. The predicted octanol–water partition coefficient (Wildman–Crippen LogP) is 0.478. The Hall–Kier alpha value is -1.26. The Bertz CT molecular complexity index is 229. The Morgan fingerprint density at radius 3 is 2.29 bits per heavy atom. The zero-order valence-corrected chi connectivity index (χ0v) is 8.88. The van der Waals surface area contributed by atoms with Crippen LogP contribution in [0.5, 0.6) is 0 Å². The highest BCUT2D eigenvalue weighted by Gasteiger charge is 2.20. The second-order valence-corrected chi connectivity index (χ2v) is 3.94. The van der Waals surface area contributed by atoms with Gasteiger partial charge < -0.3 is 10.6 Å². The van der Waals surface area contributed by atoms with Crippen molar-refractivity contribution in [2.45, 2.75) is 19.8 Å². The van der Waals surface area contributed by atoms with E-state index in [1.165, 1.54) is 4.90 Å². The van der Waals surface area contributed by atoms with Gasteiger partial charge in [0.1, 0.15) is 0 Å². The number of hydrogen-bond acceptors (Lipinski definition) is 2. The summed E-state index contributed by atoms with van der Waals surface area (Å²) in [5.41, 5.74) is 5.31. The van der Waals surface area contributed by atoms with E-state index < -0.39 is 0 Å². The lowest BCUT2D eigenvalue weighted by Crippen LogP contribution is -2.49. The number of nitrogens with zero attached hydrogens (tertiary/aromatic N) is 2. The lowest BCUT2D eigenvalue weighted by atomic mass is 9.99. The molecule has 1 aliphatic heterocycles. The molecule has 1 saturated heterocycles. The van der Waals surface area contributed by atoms with Crippen LogP contribution in [0.2, 0.25) is 0 Å². The van der Waals surface area contributed by atoms with Crippen molar-refractivity contribution < 1.29 is 0 Å². The van der Waals surface area contributed by atoms with Crippen LogP contribution in [0, 0.1) is 16.7 Å². The fourth-order valence-corrected chi connectivity index (χ4v) is 1.55. The van der Waals surface area contributed by atoms with Crippen molar-refractivity contribution in [1.29, 1.82) is 10.8 Å². The van der Waals surface area contributed by atoms with E-state index in [0.717, 1.165) is 31.8 Å². The molecule has 0 saturated carbocycles. The summed E-state index contributed by atoms with van der Waals surface area (Å²) in [5, 5.41) is 15.0.